The average Bonchev–Trinajstić information content (AvgIpc) is 2.76. The maximum absolute atomic E-state index is 13.1. The van der Waals surface area contributed by atoms with Crippen molar-refractivity contribution in [1.82, 2.24) is 5.32 Å². The molecule has 1 heterocycles. The van der Waals surface area contributed by atoms with Crippen LogP contribution >= 0.6 is 15.9 Å². The van der Waals surface area contributed by atoms with E-state index in [2.05, 4.69) is 21.2 Å². The van der Waals surface area contributed by atoms with E-state index < -0.39 is 6.29 Å². The number of ether oxygens (including phenoxy) is 2. The molecular weight excluding hydrogens is 453 g/mol. The number of aliphatic hydroxyl groups is 1. The maximum atomic E-state index is 13.1. The zero-order valence-electron chi connectivity index (χ0n) is 16.5. The SMILES string of the molecule is O=C(NCc1ccc(F)cc1)C1=C[C@H](c2ccc(Br)cc2)C[C@H](OCCCCO)O1. The maximum Gasteiger partial charge on any atom is 0.286 e. The van der Waals surface area contributed by atoms with Crippen LogP contribution < -0.4 is 5.32 Å². The Balaban J connectivity index is 1.68. The molecule has 0 saturated heterocycles. The van der Waals surface area contributed by atoms with Crippen LogP contribution in [-0.4, -0.2) is 30.5 Å². The first-order valence-corrected chi connectivity index (χ1v) is 10.7. The Bertz CT molecular complexity index is 855. The summed E-state index contributed by atoms with van der Waals surface area (Å²) in [6, 6.07) is 13.9. The molecule has 2 atom stereocenters. The van der Waals surface area contributed by atoms with Crippen molar-refractivity contribution in [1.29, 1.82) is 0 Å². The highest BCUT2D eigenvalue weighted by atomic mass is 79.9. The number of halogens is 2. The summed E-state index contributed by atoms with van der Waals surface area (Å²) < 4.78 is 25.7. The molecule has 1 aliphatic heterocycles. The van der Waals surface area contributed by atoms with E-state index in [9.17, 15) is 9.18 Å². The molecule has 2 N–H and O–H groups in total. The summed E-state index contributed by atoms with van der Waals surface area (Å²) in [6.45, 7) is 0.834. The van der Waals surface area contributed by atoms with Crippen molar-refractivity contribution in [3.8, 4) is 0 Å². The number of amides is 1. The lowest BCUT2D eigenvalue weighted by Crippen LogP contribution is -2.32. The third kappa shape index (κ3) is 6.65. The quantitative estimate of drug-likeness (QED) is 0.525. The number of carbonyl (C=O) groups is 1. The Morgan fingerprint density at radius 2 is 1.90 bits per heavy atom. The van der Waals surface area contributed by atoms with Gasteiger partial charge in [0.2, 0.25) is 6.29 Å². The zero-order chi connectivity index (χ0) is 21.3. The number of hydrogen-bond donors (Lipinski definition) is 2. The van der Waals surface area contributed by atoms with Gasteiger partial charge in [0.25, 0.3) is 5.91 Å². The number of allylic oxidation sites excluding steroid dienone is 1. The highest BCUT2D eigenvalue weighted by Gasteiger charge is 2.28. The summed E-state index contributed by atoms with van der Waals surface area (Å²) in [5, 5.41) is 11.7. The molecule has 1 aliphatic rings. The van der Waals surface area contributed by atoms with Crippen molar-refractivity contribution in [2.75, 3.05) is 13.2 Å². The molecule has 30 heavy (non-hydrogen) atoms. The first-order chi connectivity index (χ1) is 14.5. The van der Waals surface area contributed by atoms with Crippen LogP contribution in [0.15, 0.2) is 64.8 Å². The second kappa shape index (κ2) is 11.2. The van der Waals surface area contributed by atoms with E-state index in [1.165, 1.54) is 12.1 Å². The van der Waals surface area contributed by atoms with Crippen molar-refractivity contribution < 1.29 is 23.8 Å². The lowest BCUT2D eigenvalue weighted by molar-refractivity contribution is -0.146. The van der Waals surface area contributed by atoms with Crippen LogP contribution in [0.2, 0.25) is 0 Å². The Hall–Kier alpha value is -2.22. The molecule has 2 aromatic carbocycles. The predicted molar refractivity (Wildman–Crippen MR) is 115 cm³/mol. The second-order valence-electron chi connectivity index (χ2n) is 7.08. The molecule has 1 amide bonds. The fourth-order valence-electron chi connectivity index (χ4n) is 3.16. The molecule has 2 aromatic rings. The van der Waals surface area contributed by atoms with Gasteiger partial charge < -0.3 is 19.9 Å². The highest BCUT2D eigenvalue weighted by molar-refractivity contribution is 9.10. The minimum absolute atomic E-state index is 0.0266. The zero-order valence-corrected chi connectivity index (χ0v) is 18.1. The van der Waals surface area contributed by atoms with Gasteiger partial charge in [-0.3, -0.25) is 4.79 Å². The number of aliphatic hydroxyl groups excluding tert-OH is 1. The van der Waals surface area contributed by atoms with Crippen LogP contribution in [0.1, 0.15) is 36.3 Å². The standard InChI is InChI=1S/C23H25BrFNO4/c24-19-7-5-17(6-8-19)18-13-21(30-22(14-18)29-12-2-1-11-27)23(28)26-15-16-3-9-20(25)10-4-16/h3-10,13,18,22,27H,1-2,11-12,14-15H2,(H,26,28)/t18-,22+/m0/s1. The lowest BCUT2D eigenvalue weighted by atomic mass is 9.93. The summed E-state index contributed by atoms with van der Waals surface area (Å²) in [5.74, 6) is -0.475. The fourth-order valence-corrected chi connectivity index (χ4v) is 3.43. The van der Waals surface area contributed by atoms with Crippen LogP contribution in [0, 0.1) is 5.82 Å². The third-order valence-corrected chi connectivity index (χ3v) is 5.33. The van der Waals surface area contributed by atoms with Gasteiger partial charge in [-0.25, -0.2) is 4.39 Å². The minimum Gasteiger partial charge on any atom is -0.459 e. The smallest absolute Gasteiger partial charge is 0.286 e. The molecule has 3 rings (SSSR count). The van der Waals surface area contributed by atoms with E-state index in [-0.39, 0.29) is 36.6 Å². The van der Waals surface area contributed by atoms with Gasteiger partial charge in [0, 0.05) is 30.0 Å². The van der Waals surface area contributed by atoms with Crippen LogP contribution in [0.5, 0.6) is 0 Å². The molecule has 0 aromatic heterocycles. The van der Waals surface area contributed by atoms with Gasteiger partial charge in [-0.1, -0.05) is 40.2 Å². The number of rotatable bonds is 9. The largest absolute Gasteiger partial charge is 0.459 e. The van der Waals surface area contributed by atoms with E-state index in [0.717, 1.165) is 22.0 Å². The lowest BCUT2D eigenvalue weighted by Gasteiger charge is -2.29. The topological polar surface area (TPSA) is 67.8 Å². The monoisotopic (exact) mass is 477 g/mol. The predicted octanol–water partition coefficient (Wildman–Crippen LogP) is 4.41. The highest BCUT2D eigenvalue weighted by Crippen LogP contribution is 2.32. The molecule has 0 spiro atoms. The Morgan fingerprint density at radius 1 is 1.17 bits per heavy atom. The normalized spacial score (nSPS) is 18.4. The molecule has 0 unspecified atom stereocenters. The third-order valence-electron chi connectivity index (χ3n) is 4.80. The molecule has 7 heteroatoms. The van der Waals surface area contributed by atoms with Gasteiger partial charge >= 0.3 is 0 Å². The van der Waals surface area contributed by atoms with Crippen LogP contribution in [0.4, 0.5) is 4.39 Å². The van der Waals surface area contributed by atoms with Crippen LogP contribution in [-0.2, 0) is 20.8 Å². The first-order valence-electron chi connectivity index (χ1n) is 9.94. The van der Waals surface area contributed by atoms with Crippen molar-refractivity contribution in [2.45, 2.75) is 38.0 Å². The molecule has 0 fully saturated rings. The molecular formula is C23H25BrFNO4. The number of nitrogens with one attached hydrogen (secondary N) is 1. The molecule has 0 aliphatic carbocycles. The number of hydrogen-bond acceptors (Lipinski definition) is 4. The number of benzene rings is 2. The average molecular weight is 478 g/mol. The Labute approximate surface area is 184 Å². The van der Waals surface area contributed by atoms with E-state index >= 15 is 0 Å². The van der Waals surface area contributed by atoms with Gasteiger partial charge in [-0.05, 0) is 54.3 Å². The van der Waals surface area contributed by atoms with E-state index in [1.807, 2.05) is 30.3 Å². The summed E-state index contributed by atoms with van der Waals surface area (Å²) >= 11 is 3.44. The second-order valence-corrected chi connectivity index (χ2v) is 8.00. The van der Waals surface area contributed by atoms with E-state index in [1.54, 1.807) is 12.1 Å². The van der Waals surface area contributed by atoms with Crippen molar-refractivity contribution in [3.05, 3.63) is 81.8 Å². The van der Waals surface area contributed by atoms with E-state index in [4.69, 9.17) is 14.6 Å². The van der Waals surface area contributed by atoms with Crippen molar-refractivity contribution >= 4 is 21.8 Å². The number of carbonyl (C=O) groups excluding carboxylic acids is 1. The number of unbranched alkanes of at least 4 members (excludes halogenated alkanes) is 1. The molecule has 160 valence electrons. The van der Waals surface area contributed by atoms with Gasteiger partial charge in [0.05, 0.1) is 6.61 Å². The van der Waals surface area contributed by atoms with Crippen LogP contribution in [0.3, 0.4) is 0 Å². The summed E-state index contributed by atoms with van der Waals surface area (Å²) in [6.07, 6.45) is 3.24. The van der Waals surface area contributed by atoms with Gasteiger partial charge in [-0.2, -0.15) is 0 Å². The molecule has 0 saturated carbocycles. The molecule has 0 radical (unpaired) electrons. The van der Waals surface area contributed by atoms with Gasteiger partial charge in [0.1, 0.15) is 5.82 Å². The summed E-state index contributed by atoms with van der Waals surface area (Å²) in [7, 11) is 0. The van der Waals surface area contributed by atoms with Gasteiger partial charge in [-0.15, -0.1) is 0 Å². The van der Waals surface area contributed by atoms with E-state index in [0.29, 0.717) is 19.4 Å². The summed E-state index contributed by atoms with van der Waals surface area (Å²) in [5.41, 5.74) is 1.86. The Morgan fingerprint density at radius 3 is 2.60 bits per heavy atom. The Kier molecular flexibility index (Phi) is 8.42. The summed E-state index contributed by atoms with van der Waals surface area (Å²) in [4.78, 5) is 12.7. The van der Waals surface area contributed by atoms with Crippen molar-refractivity contribution in [3.63, 3.8) is 0 Å². The van der Waals surface area contributed by atoms with Crippen molar-refractivity contribution in [2.24, 2.45) is 0 Å². The fraction of sp³-hybridized carbons (Fsp3) is 0.348. The minimum atomic E-state index is -0.547. The van der Waals surface area contributed by atoms with Gasteiger partial charge in [0.15, 0.2) is 5.76 Å². The van der Waals surface area contributed by atoms with Crippen LogP contribution in [0.25, 0.3) is 0 Å². The first kappa shape index (κ1) is 22.5. The molecule has 5 nitrogen and oxygen atoms in total. The molecule has 0 bridgehead atoms.